The van der Waals surface area contributed by atoms with Crippen LogP contribution in [0.25, 0.3) is 0 Å². The van der Waals surface area contributed by atoms with Crippen LogP contribution >= 0.6 is 0 Å². The molecule has 112 valence electrons. The Kier molecular flexibility index (Phi) is 5.38. The molecule has 1 aromatic rings. The number of rotatable bonds is 7. The smallest absolute Gasteiger partial charge is 0.137 e. The second-order valence-corrected chi connectivity index (χ2v) is 5.56. The van der Waals surface area contributed by atoms with Crippen molar-refractivity contribution >= 4 is 0 Å². The van der Waals surface area contributed by atoms with E-state index in [1.54, 1.807) is 6.20 Å². The predicted molar refractivity (Wildman–Crippen MR) is 80.0 cm³/mol. The molecule has 0 spiro atoms. The van der Waals surface area contributed by atoms with E-state index in [2.05, 4.69) is 37.1 Å². The molecule has 1 fully saturated rings. The van der Waals surface area contributed by atoms with Gasteiger partial charge in [-0.05, 0) is 44.4 Å². The lowest BCUT2D eigenvalue weighted by molar-refractivity contribution is -0.0122. The summed E-state index contributed by atoms with van der Waals surface area (Å²) in [6.07, 6.45) is 6.89. The second kappa shape index (κ2) is 7.04. The lowest BCUT2D eigenvalue weighted by Gasteiger charge is -2.34. The number of likely N-dealkylation sites (N-methyl/N-ethyl adjacent to an activating group) is 1. The van der Waals surface area contributed by atoms with E-state index in [4.69, 9.17) is 9.47 Å². The second-order valence-electron chi connectivity index (χ2n) is 5.56. The van der Waals surface area contributed by atoms with E-state index in [1.165, 1.54) is 0 Å². The van der Waals surface area contributed by atoms with Gasteiger partial charge in [-0.25, -0.2) is 0 Å². The van der Waals surface area contributed by atoms with E-state index < -0.39 is 0 Å². The Labute approximate surface area is 121 Å². The van der Waals surface area contributed by atoms with E-state index in [0.29, 0.717) is 0 Å². The monoisotopic (exact) mass is 278 g/mol. The number of aromatic nitrogens is 1. The molecule has 1 aromatic heterocycles. The summed E-state index contributed by atoms with van der Waals surface area (Å²) in [6, 6.07) is 2.25. The molecule has 2 rings (SSSR count). The molecule has 1 aliphatic heterocycles. The van der Waals surface area contributed by atoms with Crippen molar-refractivity contribution in [1.82, 2.24) is 10.3 Å². The Morgan fingerprint density at radius 1 is 1.45 bits per heavy atom. The van der Waals surface area contributed by atoms with Crippen LogP contribution < -0.4 is 10.1 Å². The van der Waals surface area contributed by atoms with Crippen molar-refractivity contribution in [3.63, 3.8) is 0 Å². The maximum atomic E-state index is 6.00. The predicted octanol–water partition coefficient (Wildman–Crippen LogP) is 3.09. The lowest BCUT2D eigenvalue weighted by atomic mass is 9.88. The molecule has 20 heavy (non-hydrogen) atoms. The van der Waals surface area contributed by atoms with E-state index in [1.807, 2.05) is 6.20 Å². The van der Waals surface area contributed by atoms with Gasteiger partial charge in [0.05, 0.1) is 24.4 Å². The minimum absolute atomic E-state index is 0.152. The highest BCUT2D eigenvalue weighted by atomic mass is 16.5. The van der Waals surface area contributed by atoms with Crippen molar-refractivity contribution < 1.29 is 9.47 Å². The molecule has 0 bridgehead atoms. The van der Waals surface area contributed by atoms with Crippen LogP contribution in [0.5, 0.6) is 5.75 Å². The van der Waals surface area contributed by atoms with Gasteiger partial charge in [0.2, 0.25) is 0 Å². The summed E-state index contributed by atoms with van der Waals surface area (Å²) in [4.78, 5) is 4.32. The summed E-state index contributed by atoms with van der Waals surface area (Å²) in [5.74, 6) is 0.842. The van der Waals surface area contributed by atoms with Gasteiger partial charge in [0, 0.05) is 12.8 Å². The summed E-state index contributed by atoms with van der Waals surface area (Å²) in [5.41, 5.74) is 0.992. The highest BCUT2D eigenvalue weighted by Crippen LogP contribution is 2.37. The van der Waals surface area contributed by atoms with Crippen molar-refractivity contribution in [2.45, 2.75) is 51.7 Å². The Morgan fingerprint density at radius 3 is 2.95 bits per heavy atom. The zero-order chi connectivity index (χ0) is 14.4. The van der Waals surface area contributed by atoms with Crippen molar-refractivity contribution in [1.29, 1.82) is 0 Å². The molecule has 0 aromatic carbocycles. The Bertz CT molecular complexity index is 417. The van der Waals surface area contributed by atoms with Gasteiger partial charge in [-0.3, -0.25) is 4.98 Å². The summed E-state index contributed by atoms with van der Waals surface area (Å²) in [5, 5.41) is 3.54. The Hall–Kier alpha value is -1.13. The van der Waals surface area contributed by atoms with Gasteiger partial charge in [-0.2, -0.15) is 0 Å². The molecule has 1 aliphatic rings. The number of ether oxygens (including phenoxy) is 2. The first-order chi connectivity index (χ1) is 9.69. The fraction of sp³-hybridized carbons (Fsp3) is 0.688. The average molecular weight is 278 g/mol. The van der Waals surface area contributed by atoms with Crippen LogP contribution in [-0.2, 0) is 4.74 Å². The molecule has 4 nitrogen and oxygen atoms in total. The van der Waals surface area contributed by atoms with Crippen LogP contribution in [0.2, 0.25) is 0 Å². The van der Waals surface area contributed by atoms with E-state index >= 15 is 0 Å². The number of nitrogens with one attached hydrogen (secondary N) is 1. The normalized spacial score (nSPS) is 23.8. The summed E-state index contributed by atoms with van der Waals surface area (Å²) in [6.45, 7) is 8.89. The van der Waals surface area contributed by atoms with Crippen LogP contribution in [0, 0.1) is 0 Å². The van der Waals surface area contributed by atoms with Crippen LogP contribution in [0.1, 0.15) is 51.6 Å². The minimum atomic E-state index is -0.152. The third-order valence-electron chi connectivity index (χ3n) is 3.81. The first kappa shape index (κ1) is 15.3. The fourth-order valence-corrected chi connectivity index (χ4v) is 2.81. The maximum absolute atomic E-state index is 6.00. The molecule has 2 unspecified atom stereocenters. The summed E-state index contributed by atoms with van der Waals surface area (Å²) >= 11 is 0. The number of hydrogen-bond donors (Lipinski definition) is 1. The van der Waals surface area contributed by atoms with Gasteiger partial charge in [-0.1, -0.05) is 13.8 Å². The fourth-order valence-electron chi connectivity index (χ4n) is 2.81. The van der Waals surface area contributed by atoms with Gasteiger partial charge < -0.3 is 14.8 Å². The Balaban J connectivity index is 2.20. The van der Waals surface area contributed by atoms with Crippen LogP contribution in [0.15, 0.2) is 18.5 Å². The van der Waals surface area contributed by atoms with Crippen LogP contribution in [-0.4, -0.2) is 30.3 Å². The Morgan fingerprint density at radius 2 is 2.30 bits per heavy atom. The zero-order valence-corrected chi connectivity index (χ0v) is 12.8. The van der Waals surface area contributed by atoms with Gasteiger partial charge in [0.25, 0.3) is 0 Å². The van der Waals surface area contributed by atoms with Crippen molar-refractivity contribution in [3.8, 4) is 5.75 Å². The van der Waals surface area contributed by atoms with Gasteiger partial charge in [-0.15, -0.1) is 0 Å². The van der Waals surface area contributed by atoms with Crippen LogP contribution in [0.4, 0.5) is 0 Å². The van der Waals surface area contributed by atoms with Gasteiger partial charge in [0.1, 0.15) is 5.75 Å². The molecule has 0 saturated carbocycles. The first-order valence-corrected chi connectivity index (χ1v) is 7.64. The molecule has 0 amide bonds. The molecule has 2 heterocycles. The maximum Gasteiger partial charge on any atom is 0.137 e. The van der Waals surface area contributed by atoms with E-state index in [-0.39, 0.29) is 11.6 Å². The standard InChI is InChI=1S/C16H26N2O2/c1-4-8-19-14-10-13(11-17-12-14)15(18-5-2)16(3)7-6-9-20-16/h10-12,15,18H,4-9H2,1-3H3. The third-order valence-corrected chi connectivity index (χ3v) is 3.81. The van der Waals surface area contributed by atoms with Gasteiger partial charge in [0.15, 0.2) is 0 Å². The molecular weight excluding hydrogens is 252 g/mol. The third kappa shape index (κ3) is 3.49. The van der Waals surface area contributed by atoms with E-state index in [0.717, 1.165) is 50.3 Å². The number of hydrogen-bond acceptors (Lipinski definition) is 4. The molecular formula is C16H26N2O2. The molecule has 0 radical (unpaired) electrons. The van der Waals surface area contributed by atoms with Crippen molar-refractivity contribution in [2.75, 3.05) is 19.8 Å². The summed E-state index contributed by atoms with van der Waals surface area (Å²) < 4.78 is 11.7. The number of nitrogens with zero attached hydrogens (tertiary/aromatic N) is 1. The average Bonchev–Trinajstić information content (AvgIpc) is 2.90. The quantitative estimate of drug-likeness (QED) is 0.832. The molecule has 2 atom stereocenters. The lowest BCUT2D eigenvalue weighted by Crippen LogP contribution is -2.41. The highest BCUT2D eigenvalue weighted by Gasteiger charge is 2.39. The van der Waals surface area contributed by atoms with Crippen molar-refractivity contribution in [3.05, 3.63) is 24.0 Å². The summed E-state index contributed by atoms with van der Waals surface area (Å²) in [7, 11) is 0. The van der Waals surface area contributed by atoms with Gasteiger partial charge >= 0.3 is 0 Å². The highest BCUT2D eigenvalue weighted by molar-refractivity contribution is 5.28. The topological polar surface area (TPSA) is 43.4 Å². The molecule has 4 heteroatoms. The van der Waals surface area contributed by atoms with Crippen LogP contribution in [0.3, 0.4) is 0 Å². The molecule has 0 aliphatic carbocycles. The minimum Gasteiger partial charge on any atom is -0.492 e. The molecule has 1 N–H and O–H groups in total. The van der Waals surface area contributed by atoms with Crippen molar-refractivity contribution in [2.24, 2.45) is 0 Å². The largest absolute Gasteiger partial charge is 0.492 e. The van der Waals surface area contributed by atoms with E-state index in [9.17, 15) is 0 Å². The first-order valence-electron chi connectivity index (χ1n) is 7.64. The number of pyridine rings is 1. The SMILES string of the molecule is CCCOc1cncc(C(NCC)C2(C)CCCO2)c1. The zero-order valence-electron chi connectivity index (χ0n) is 12.8. The molecule has 1 saturated heterocycles.